The normalized spacial score (nSPS) is 10.8. The third-order valence-corrected chi connectivity index (χ3v) is 5.85. The average Bonchev–Trinajstić information content (AvgIpc) is 2.85. The quantitative estimate of drug-likeness (QED) is 0.201. The fraction of sp³-hybridized carbons (Fsp3) is 0.414. The maximum Gasteiger partial charge on any atom is 0.343 e. The number of hydrogen-bond acceptors (Lipinski definition) is 4. The molecule has 0 fully saturated rings. The molecule has 3 aromatic rings. The van der Waals surface area contributed by atoms with E-state index in [1.165, 1.54) is 56.1 Å². The van der Waals surface area contributed by atoms with E-state index in [9.17, 15) is 4.79 Å². The Morgan fingerprint density at radius 3 is 1.91 bits per heavy atom. The van der Waals surface area contributed by atoms with E-state index in [-0.39, 0.29) is 0 Å². The van der Waals surface area contributed by atoms with Crippen LogP contribution in [0.5, 0.6) is 5.75 Å². The van der Waals surface area contributed by atoms with Crippen molar-refractivity contribution in [3.63, 3.8) is 0 Å². The van der Waals surface area contributed by atoms with Crippen LogP contribution in [0.1, 0.15) is 86.7 Å². The van der Waals surface area contributed by atoms with Gasteiger partial charge in [-0.05, 0) is 42.5 Å². The van der Waals surface area contributed by atoms with E-state index in [1.807, 2.05) is 36.4 Å². The number of rotatable bonds is 13. The molecule has 0 bridgehead atoms. The van der Waals surface area contributed by atoms with Crippen molar-refractivity contribution in [3.05, 3.63) is 77.6 Å². The van der Waals surface area contributed by atoms with Gasteiger partial charge in [0.15, 0.2) is 11.6 Å². The van der Waals surface area contributed by atoms with E-state index in [2.05, 4.69) is 35.9 Å². The molecule has 1 heterocycles. The Labute approximate surface area is 198 Å². The summed E-state index contributed by atoms with van der Waals surface area (Å²) in [5.74, 6) is 0.573. The molecule has 0 unspecified atom stereocenters. The van der Waals surface area contributed by atoms with Crippen LogP contribution < -0.4 is 4.74 Å². The third-order valence-electron chi connectivity index (χ3n) is 5.85. The molecule has 0 atom stereocenters. The summed E-state index contributed by atoms with van der Waals surface area (Å²) in [7, 11) is 0. The molecule has 0 aliphatic heterocycles. The maximum absolute atomic E-state index is 12.5. The van der Waals surface area contributed by atoms with Crippen LogP contribution in [0.25, 0.3) is 11.4 Å². The first-order valence-corrected chi connectivity index (χ1v) is 12.4. The maximum atomic E-state index is 12.5. The lowest BCUT2D eigenvalue weighted by molar-refractivity contribution is 0.0733. The number of carbonyl (C=O) groups is 1. The summed E-state index contributed by atoms with van der Waals surface area (Å²) < 4.78 is 5.46. The van der Waals surface area contributed by atoms with Gasteiger partial charge in [-0.3, -0.25) is 0 Å². The van der Waals surface area contributed by atoms with E-state index in [0.717, 1.165) is 24.8 Å². The molecule has 0 aliphatic rings. The van der Waals surface area contributed by atoms with Crippen molar-refractivity contribution >= 4 is 5.97 Å². The number of hydrogen-bond donors (Lipinski definition) is 0. The molecule has 4 heteroatoms. The van der Waals surface area contributed by atoms with E-state index < -0.39 is 5.97 Å². The fourth-order valence-electron chi connectivity index (χ4n) is 3.89. The Bertz CT molecular complexity index is 964. The molecule has 0 amide bonds. The van der Waals surface area contributed by atoms with Crippen molar-refractivity contribution in [2.75, 3.05) is 0 Å². The van der Waals surface area contributed by atoms with Crippen LogP contribution in [0.2, 0.25) is 0 Å². The van der Waals surface area contributed by atoms with Gasteiger partial charge in [0.25, 0.3) is 0 Å². The van der Waals surface area contributed by atoms with Gasteiger partial charge in [-0.25, -0.2) is 14.8 Å². The van der Waals surface area contributed by atoms with Crippen LogP contribution in [0.3, 0.4) is 0 Å². The largest absolute Gasteiger partial charge is 0.420 e. The second-order valence-electron chi connectivity index (χ2n) is 8.65. The molecule has 0 aliphatic carbocycles. The van der Waals surface area contributed by atoms with Gasteiger partial charge in [-0.1, -0.05) is 95.2 Å². The monoisotopic (exact) mass is 444 g/mol. The van der Waals surface area contributed by atoms with Crippen LogP contribution in [0.4, 0.5) is 0 Å². The molecular weight excluding hydrogens is 408 g/mol. The average molecular weight is 445 g/mol. The Balaban J connectivity index is 1.46. The predicted octanol–water partition coefficient (Wildman–Crippen LogP) is 7.61. The van der Waals surface area contributed by atoms with E-state index in [0.29, 0.717) is 17.1 Å². The highest BCUT2D eigenvalue weighted by molar-refractivity contribution is 5.91. The molecule has 33 heavy (non-hydrogen) atoms. The highest BCUT2D eigenvalue weighted by Crippen LogP contribution is 2.19. The Morgan fingerprint density at radius 2 is 1.27 bits per heavy atom. The highest BCUT2D eigenvalue weighted by atomic mass is 16.5. The fourth-order valence-corrected chi connectivity index (χ4v) is 3.89. The summed E-state index contributed by atoms with van der Waals surface area (Å²) in [5, 5.41) is 0. The number of aromatic nitrogens is 2. The van der Waals surface area contributed by atoms with Crippen LogP contribution in [-0.4, -0.2) is 15.9 Å². The molecule has 0 N–H and O–H groups in total. The number of benzene rings is 2. The zero-order chi connectivity index (χ0) is 23.3. The van der Waals surface area contributed by atoms with Gasteiger partial charge in [0.2, 0.25) is 0 Å². The zero-order valence-electron chi connectivity index (χ0n) is 20.1. The first-order chi connectivity index (χ1) is 16.2. The van der Waals surface area contributed by atoms with Gasteiger partial charge in [-0.2, -0.15) is 0 Å². The van der Waals surface area contributed by atoms with Crippen LogP contribution >= 0.6 is 0 Å². The molecule has 0 spiro atoms. The van der Waals surface area contributed by atoms with E-state index in [4.69, 9.17) is 4.74 Å². The number of ether oxygens (including phenoxy) is 1. The molecule has 3 rings (SSSR count). The van der Waals surface area contributed by atoms with Gasteiger partial charge in [0.1, 0.15) is 0 Å². The van der Waals surface area contributed by atoms with Crippen LogP contribution in [0.15, 0.2) is 60.9 Å². The Hall–Kier alpha value is -3.01. The molecule has 2 aromatic carbocycles. The highest BCUT2D eigenvalue weighted by Gasteiger charge is 2.10. The topological polar surface area (TPSA) is 52.1 Å². The number of nitrogens with zero attached hydrogens (tertiary/aromatic N) is 2. The summed E-state index contributed by atoms with van der Waals surface area (Å²) in [6.07, 6.45) is 15.5. The van der Waals surface area contributed by atoms with Crippen LogP contribution in [0, 0.1) is 0 Å². The Kier molecular flexibility index (Phi) is 10.1. The third kappa shape index (κ3) is 8.12. The standard InChI is InChI=1S/C29H36N2O2/c1-3-5-6-7-8-9-10-12-24-15-19-26(20-16-24)29(32)33-27-21-30-28(31-22-27)25-17-13-23(11-4-2)14-18-25/h13-22H,3-12H2,1-2H3. The summed E-state index contributed by atoms with van der Waals surface area (Å²) in [4.78, 5) is 21.2. The summed E-state index contributed by atoms with van der Waals surface area (Å²) in [6, 6.07) is 16.0. The lowest BCUT2D eigenvalue weighted by Gasteiger charge is -2.07. The second-order valence-corrected chi connectivity index (χ2v) is 8.65. The smallest absolute Gasteiger partial charge is 0.343 e. The zero-order valence-corrected chi connectivity index (χ0v) is 20.1. The van der Waals surface area contributed by atoms with Crippen molar-refractivity contribution < 1.29 is 9.53 Å². The molecule has 1 aromatic heterocycles. The minimum Gasteiger partial charge on any atom is -0.420 e. The minimum absolute atomic E-state index is 0.346. The van der Waals surface area contributed by atoms with E-state index >= 15 is 0 Å². The number of carbonyl (C=O) groups excluding carboxylic acids is 1. The molecule has 4 nitrogen and oxygen atoms in total. The summed E-state index contributed by atoms with van der Waals surface area (Å²) in [5.41, 5.74) is 4.05. The molecule has 0 saturated heterocycles. The van der Waals surface area contributed by atoms with Gasteiger partial charge in [0.05, 0.1) is 18.0 Å². The summed E-state index contributed by atoms with van der Waals surface area (Å²) in [6.45, 7) is 4.42. The number of aryl methyl sites for hydroxylation is 2. The lowest BCUT2D eigenvalue weighted by Crippen LogP contribution is -2.09. The van der Waals surface area contributed by atoms with Crippen molar-refractivity contribution in [1.82, 2.24) is 9.97 Å². The lowest BCUT2D eigenvalue weighted by atomic mass is 10.0. The molecule has 0 saturated carbocycles. The number of unbranched alkanes of at least 4 members (excludes halogenated alkanes) is 6. The van der Waals surface area contributed by atoms with Gasteiger partial charge in [0, 0.05) is 5.56 Å². The summed E-state index contributed by atoms with van der Waals surface area (Å²) >= 11 is 0. The van der Waals surface area contributed by atoms with Crippen molar-refractivity contribution in [1.29, 1.82) is 0 Å². The number of esters is 1. The first kappa shape index (κ1) is 24.6. The van der Waals surface area contributed by atoms with Gasteiger partial charge < -0.3 is 4.74 Å². The van der Waals surface area contributed by atoms with Gasteiger partial charge >= 0.3 is 5.97 Å². The predicted molar refractivity (Wildman–Crippen MR) is 135 cm³/mol. The first-order valence-electron chi connectivity index (χ1n) is 12.4. The van der Waals surface area contributed by atoms with Crippen molar-refractivity contribution in [3.8, 4) is 17.1 Å². The molecule has 174 valence electrons. The Morgan fingerprint density at radius 1 is 0.697 bits per heavy atom. The SMILES string of the molecule is CCCCCCCCCc1ccc(C(=O)Oc2cnc(-c3ccc(CCC)cc3)nc2)cc1. The van der Waals surface area contributed by atoms with Gasteiger partial charge in [-0.15, -0.1) is 0 Å². The second kappa shape index (κ2) is 13.5. The van der Waals surface area contributed by atoms with Crippen molar-refractivity contribution in [2.24, 2.45) is 0 Å². The molecular formula is C29H36N2O2. The van der Waals surface area contributed by atoms with Crippen molar-refractivity contribution in [2.45, 2.75) is 78.1 Å². The minimum atomic E-state index is -0.391. The van der Waals surface area contributed by atoms with Crippen LogP contribution in [-0.2, 0) is 12.8 Å². The van der Waals surface area contributed by atoms with E-state index in [1.54, 1.807) is 12.4 Å². The molecule has 0 radical (unpaired) electrons.